The van der Waals surface area contributed by atoms with E-state index in [4.69, 9.17) is 4.52 Å². The molecule has 0 aliphatic heterocycles. The normalized spacial score (nSPS) is 10.6. The first-order valence-electron chi connectivity index (χ1n) is 7.60. The van der Waals surface area contributed by atoms with Crippen molar-refractivity contribution in [3.05, 3.63) is 84.9 Å². The summed E-state index contributed by atoms with van der Waals surface area (Å²) in [7, 11) is 3.18. The molecule has 0 amide bonds. The van der Waals surface area contributed by atoms with Gasteiger partial charge in [0.1, 0.15) is 5.75 Å². The lowest BCUT2D eigenvalue weighted by molar-refractivity contribution is 0.629. The van der Waals surface area contributed by atoms with Crippen molar-refractivity contribution in [3.63, 3.8) is 0 Å². The van der Waals surface area contributed by atoms with E-state index in [9.17, 15) is 0 Å². The molecule has 3 aromatic rings. The Balaban J connectivity index is 2.01. The summed E-state index contributed by atoms with van der Waals surface area (Å²) in [4.78, 5) is 2.08. The van der Waals surface area contributed by atoms with E-state index in [2.05, 4.69) is 59.5 Å². The van der Waals surface area contributed by atoms with Gasteiger partial charge in [-0.25, -0.2) is 0 Å². The van der Waals surface area contributed by atoms with Crippen molar-refractivity contribution < 1.29 is 4.52 Å². The molecule has 3 aromatic carbocycles. The Bertz CT molecular complexity index is 704. The van der Waals surface area contributed by atoms with Crippen LogP contribution in [0.25, 0.3) is 0 Å². The first kappa shape index (κ1) is 15.6. The molecular weight excluding hydrogens is 301 g/mol. The fourth-order valence-electron chi connectivity index (χ4n) is 2.38. The van der Waals surface area contributed by atoms with Gasteiger partial charge >= 0.3 is 0 Å². The van der Waals surface area contributed by atoms with E-state index >= 15 is 0 Å². The highest BCUT2D eigenvalue weighted by Crippen LogP contribution is 2.40. The summed E-state index contributed by atoms with van der Waals surface area (Å²) in [5.41, 5.74) is 1.09. The second-order valence-electron chi connectivity index (χ2n) is 5.42. The number of rotatable bonds is 5. The number of anilines is 1. The average Bonchev–Trinajstić information content (AvgIpc) is 2.61. The highest BCUT2D eigenvalue weighted by Gasteiger charge is 2.18. The lowest BCUT2D eigenvalue weighted by atomic mass is 10.3. The van der Waals surface area contributed by atoms with Gasteiger partial charge < -0.3 is 9.42 Å². The number of hydrogen-bond donors (Lipinski definition) is 0. The zero-order chi connectivity index (χ0) is 16.1. The zero-order valence-electron chi connectivity index (χ0n) is 13.4. The number of para-hydroxylation sites is 2. The van der Waals surface area contributed by atoms with Crippen LogP contribution >= 0.6 is 8.15 Å². The second kappa shape index (κ2) is 7.30. The van der Waals surface area contributed by atoms with E-state index < -0.39 is 8.15 Å². The molecule has 0 saturated carbocycles. The van der Waals surface area contributed by atoms with Crippen LogP contribution in [0.3, 0.4) is 0 Å². The van der Waals surface area contributed by atoms with Crippen LogP contribution in [0.2, 0.25) is 0 Å². The van der Waals surface area contributed by atoms with Crippen molar-refractivity contribution in [2.24, 2.45) is 0 Å². The molecule has 3 rings (SSSR count). The third-order valence-corrected chi connectivity index (χ3v) is 5.43. The van der Waals surface area contributed by atoms with Crippen LogP contribution in [0.5, 0.6) is 5.75 Å². The topological polar surface area (TPSA) is 12.5 Å². The van der Waals surface area contributed by atoms with Crippen LogP contribution in [0, 0.1) is 0 Å². The fourth-order valence-corrected chi connectivity index (χ4v) is 4.13. The average molecular weight is 321 g/mol. The van der Waals surface area contributed by atoms with Gasteiger partial charge in [-0.2, -0.15) is 0 Å². The maximum absolute atomic E-state index is 6.50. The van der Waals surface area contributed by atoms with Gasteiger partial charge in [0.05, 0.1) is 5.69 Å². The molecule has 0 aliphatic rings. The van der Waals surface area contributed by atoms with E-state index in [1.807, 2.05) is 44.4 Å². The Labute approximate surface area is 139 Å². The number of benzene rings is 3. The zero-order valence-corrected chi connectivity index (χ0v) is 14.3. The molecule has 23 heavy (non-hydrogen) atoms. The summed E-state index contributed by atoms with van der Waals surface area (Å²) in [6.45, 7) is 0. The SMILES string of the molecule is CN(C)c1ccccc1OP(c1ccccc1)c1ccccc1. The fraction of sp³-hybridized carbons (Fsp3) is 0.100. The Morgan fingerprint density at radius 3 is 1.65 bits per heavy atom. The van der Waals surface area contributed by atoms with Crippen molar-refractivity contribution >= 4 is 24.4 Å². The minimum atomic E-state index is -0.895. The van der Waals surface area contributed by atoms with E-state index in [-0.39, 0.29) is 0 Å². The molecule has 0 saturated heterocycles. The van der Waals surface area contributed by atoms with Crippen LogP contribution in [0.1, 0.15) is 0 Å². The molecule has 0 aliphatic carbocycles. The summed E-state index contributed by atoms with van der Waals surface area (Å²) in [6.07, 6.45) is 0. The molecule has 0 aromatic heterocycles. The quantitative estimate of drug-likeness (QED) is 0.654. The Kier molecular flexibility index (Phi) is 4.95. The molecule has 0 radical (unpaired) electrons. The maximum Gasteiger partial charge on any atom is 0.150 e. The monoisotopic (exact) mass is 321 g/mol. The lowest BCUT2D eigenvalue weighted by Crippen LogP contribution is -2.17. The standard InChI is InChI=1S/C20H20NOP/c1-21(2)19-15-9-10-16-20(19)22-23(17-11-5-3-6-12-17)18-13-7-4-8-14-18/h3-16H,1-2H3. The molecule has 0 spiro atoms. The van der Waals surface area contributed by atoms with Gasteiger partial charge in [0, 0.05) is 24.7 Å². The lowest BCUT2D eigenvalue weighted by Gasteiger charge is -2.23. The molecule has 0 unspecified atom stereocenters. The highest BCUT2D eigenvalue weighted by atomic mass is 31.1. The van der Waals surface area contributed by atoms with Crippen molar-refractivity contribution in [3.8, 4) is 5.75 Å². The van der Waals surface area contributed by atoms with Gasteiger partial charge in [0.15, 0.2) is 8.15 Å². The minimum Gasteiger partial charge on any atom is -0.462 e. The van der Waals surface area contributed by atoms with E-state index in [1.165, 1.54) is 10.6 Å². The van der Waals surface area contributed by atoms with Crippen molar-refractivity contribution in [1.29, 1.82) is 0 Å². The van der Waals surface area contributed by atoms with Crippen molar-refractivity contribution in [1.82, 2.24) is 0 Å². The summed E-state index contributed by atoms with van der Waals surface area (Å²) < 4.78 is 6.50. The molecule has 2 nitrogen and oxygen atoms in total. The molecule has 0 bridgehead atoms. The van der Waals surface area contributed by atoms with Gasteiger partial charge in [0.25, 0.3) is 0 Å². The molecule has 116 valence electrons. The molecular formula is C20H20NOP. The minimum absolute atomic E-state index is 0.895. The van der Waals surface area contributed by atoms with Crippen molar-refractivity contribution in [2.75, 3.05) is 19.0 Å². The number of nitrogens with zero attached hydrogens (tertiary/aromatic N) is 1. The largest absolute Gasteiger partial charge is 0.462 e. The molecule has 0 heterocycles. The third-order valence-electron chi connectivity index (χ3n) is 3.52. The van der Waals surface area contributed by atoms with Gasteiger partial charge in [-0.05, 0) is 12.1 Å². The predicted octanol–water partition coefficient (Wildman–Crippen LogP) is 4.18. The maximum atomic E-state index is 6.50. The van der Waals surface area contributed by atoms with Crippen LogP contribution < -0.4 is 20.0 Å². The summed E-state index contributed by atoms with van der Waals surface area (Å²) in [5, 5.41) is 2.42. The Hall–Kier alpha value is -2.31. The third kappa shape index (κ3) is 3.72. The summed E-state index contributed by atoms with van der Waals surface area (Å²) in [6, 6.07) is 29.1. The van der Waals surface area contributed by atoms with E-state index in [0.717, 1.165) is 11.4 Å². The Morgan fingerprint density at radius 2 is 1.13 bits per heavy atom. The molecule has 0 atom stereocenters. The van der Waals surface area contributed by atoms with Crippen molar-refractivity contribution in [2.45, 2.75) is 0 Å². The highest BCUT2D eigenvalue weighted by molar-refractivity contribution is 7.68. The van der Waals surface area contributed by atoms with E-state index in [0.29, 0.717) is 0 Å². The molecule has 0 N–H and O–H groups in total. The van der Waals surface area contributed by atoms with Crippen LogP contribution in [0.4, 0.5) is 5.69 Å². The predicted molar refractivity (Wildman–Crippen MR) is 100 cm³/mol. The number of hydrogen-bond acceptors (Lipinski definition) is 2. The smallest absolute Gasteiger partial charge is 0.150 e. The summed E-state index contributed by atoms with van der Waals surface area (Å²) >= 11 is 0. The van der Waals surface area contributed by atoms with Crippen LogP contribution in [0.15, 0.2) is 84.9 Å². The van der Waals surface area contributed by atoms with E-state index in [1.54, 1.807) is 0 Å². The van der Waals surface area contributed by atoms with Crippen LogP contribution in [-0.2, 0) is 0 Å². The molecule has 3 heteroatoms. The Morgan fingerprint density at radius 1 is 0.652 bits per heavy atom. The van der Waals surface area contributed by atoms with Gasteiger partial charge in [0.2, 0.25) is 0 Å². The first-order chi connectivity index (χ1) is 11.3. The van der Waals surface area contributed by atoms with Gasteiger partial charge in [-0.1, -0.05) is 72.8 Å². The summed E-state index contributed by atoms with van der Waals surface area (Å²) in [5.74, 6) is 0.913. The van der Waals surface area contributed by atoms with Gasteiger partial charge in [-0.15, -0.1) is 0 Å². The molecule has 0 fully saturated rings. The first-order valence-corrected chi connectivity index (χ1v) is 8.86. The second-order valence-corrected chi connectivity index (χ2v) is 7.22. The van der Waals surface area contributed by atoms with Crippen LogP contribution in [-0.4, -0.2) is 14.1 Å². The van der Waals surface area contributed by atoms with Gasteiger partial charge in [-0.3, -0.25) is 0 Å².